The van der Waals surface area contributed by atoms with Gasteiger partial charge in [-0.05, 0) is 104 Å². The number of aromatic nitrogens is 2. The summed E-state index contributed by atoms with van der Waals surface area (Å²) in [5.41, 5.74) is 9.91. The van der Waals surface area contributed by atoms with Crippen LogP contribution in [0.15, 0.2) is 84.3 Å². The highest BCUT2D eigenvalue weighted by atomic mass is 19.1. The highest BCUT2D eigenvalue weighted by Gasteiger charge is 2.46. The van der Waals surface area contributed by atoms with E-state index in [9.17, 15) is 29.1 Å². The Bertz CT molecular complexity index is 2760. The van der Waals surface area contributed by atoms with Gasteiger partial charge < -0.3 is 46.1 Å². The van der Waals surface area contributed by atoms with Crippen LogP contribution in [0.5, 0.6) is 0 Å². The quantitative estimate of drug-likeness (QED) is 0.0539. The number of esters is 1. The van der Waals surface area contributed by atoms with Crippen LogP contribution in [0.1, 0.15) is 89.6 Å². The Morgan fingerprint density at radius 3 is 2.57 bits per heavy atom. The summed E-state index contributed by atoms with van der Waals surface area (Å²) in [6.07, 6.45) is 3.88. The number of rotatable bonds is 16. The molecule has 0 radical (unpaired) electrons. The van der Waals surface area contributed by atoms with Crippen LogP contribution in [-0.4, -0.2) is 57.2 Å². The highest BCUT2D eigenvalue weighted by molar-refractivity contribution is 5.98. The number of pyridine rings is 2. The molecular formula is C49H52FN7O8. The third-order valence-electron chi connectivity index (χ3n) is 12.7. The van der Waals surface area contributed by atoms with E-state index in [1.165, 1.54) is 10.6 Å². The number of nitrogens with one attached hydrogen (secondary N) is 4. The monoisotopic (exact) mass is 885 g/mol. The molecule has 2 aliphatic heterocycles. The van der Waals surface area contributed by atoms with Gasteiger partial charge in [0.05, 0.1) is 41.1 Å². The zero-order chi connectivity index (χ0) is 46.0. The first-order valence-electron chi connectivity index (χ1n) is 21.9. The first kappa shape index (κ1) is 44.7. The van der Waals surface area contributed by atoms with Crippen molar-refractivity contribution in [1.82, 2.24) is 25.5 Å². The molecule has 65 heavy (non-hydrogen) atoms. The third-order valence-corrected chi connectivity index (χ3v) is 12.7. The first-order valence-corrected chi connectivity index (χ1v) is 21.9. The molecule has 1 aliphatic carbocycles. The molecule has 3 aliphatic rings. The maximum absolute atomic E-state index is 15.4. The average molecular weight is 886 g/mol. The fourth-order valence-electron chi connectivity index (χ4n) is 9.13. The van der Waals surface area contributed by atoms with E-state index in [0.717, 1.165) is 17.5 Å². The van der Waals surface area contributed by atoms with E-state index in [1.807, 2.05) is 30.3 Å². The maximum atomic E-state index is 15.4. The Kier molecular flexibility index (Phi) is 12.8. The number of nitrogens with two attached hydrogens (primary N) is 1. The lowest BCUT2D eigenvalue weighted by Gasteiger charge is -2.31. The van der Waals surface area contributed by atoms with Gasteiger partial charge in [0.2, 0.25) is 11.8 Å². The van der Waals surface area contributed by atoms with Gasteiger partial charge in [0.15, 0.2) is 5.60 Å². The lowest BCUT2D eigenvalue weighted by molar-refractivity contribution is -0.172. The number of amides is 3. The summed E-state index contributed by atoms with van der Waals surface area (Å²) in [4.78, 5) is 71.8. The Balaban J connectivity index is 0.958. The summed E-state index contributed by atoms with van der Waals surface area (Å²) in [5, 5.41) is 23.8. The molecule has 7 N–H and O–H groups in total. The number of hydrogen-bond acceptors (Lipinski definition) is 11. The van der Waals surface area contributed by atoms with Gasteiger partial charge in [-0.25, -0.2) is 19.0 Å². The molecular weight excluding hydrogens is 834 g/mol. The lowest BCUT2D eigenvalue weighted by atomic mass is 9.81. The van der Waals surface area contributed by atoms with Crippen molar-refractivity contribution in [2.24, 2.45) is 5.73 Å². The second-order valence-corrected chi connectivity index (χ2v) is 16.8. The van der Waals surface area contributed by atoms with E-state index in [1.54, 1.807) is 50.4 Å². The molecule has 338 valence electrons. The van der Waals surface area contributed by atoms with Crippen molar-refractivity contribution in [3.05, 3.63) is 140 Å². The number of cyclic esters (lactones) is 1. The summed E-state index contributed by atoms with van der Waals surface area (Å²) in [5.74, 6) is -2.09. The van der Waals surface area contributed by atoms with Gasteiger partial charge in [0, 0.05) is 34.8 Å². The Morgan fingerprint density at radius 1 is 1.06 bits per heavy atom. The minimum Gasteiger partial charge on any atom is -0.458 e. The van der Waals surface area contributed by atoms with Gasteiger partial charge >= 0.3 is 12.1 Å². The first-order chi connectivity index (χ1) is 31.3. The van der Waals surface area contributed by atoms with E-state index >= 15 is 4.39 Å². The topological polar surface area (TPSA) is 216 Å². The van der Waals surface area contributed by atoms with Crippen molar-refractivity contribution < 1.29 is 38.1 Å². The van der Waals surface area contributed by atoms with Gasteiger partial charge in [-0.15, -0.1) is 0 Å². The number of aliphatic hydroxyl groups is 1. The van der Waals surface area contributed by atoms with Crippen LogP contribution in [-0.2, 0) is 62.1 Å². The number of anilines is 1. The van der Waals surface area contributed by atoms with Gasteiger partial charge in [-0.1, -0.05) is 56.0 Å². The van der Waals surface area contributed by atoms with Crippen molar-refractivity contribution in [2.45, 2.75) is 102 Å². The molecule has 0 saturated carbocycles. The third kappa shape index (κ3) is 8.83. The molecule has 2 aromatic heterocycles. The predicted molar refractivity (Wildman–Crippen MR) is 241 cm³/mol. The van der Waals surface area contributed by atoms with E-state index in [-0.39, 0.29) is 37.3 Å². The minimum atomic E-state index is -2.02. The largest absolute Gasteiger partial charge is 0.458 e. The van der Waals surface area contributed by atoms with E-state index in [2.05, 4.69) is 27.8 Å². The Hall–Kier alpha value is -6.91. The number of aryl methyl sites for hydroxylation is 1. The molecule has 16 heteroatoms. The molecule has 15 nitrogen and oxygen atoms in total. The molecule has 4 atom stereocenters. The zero-order valence-corrected chi connectivity index (χ0v) is 36.3. The van der Waals surface area contributed by atoms with Crippen LogP contribution in [0.25, 0.3) is 22.3 Å². The number of unbranched alkanes of at least 4 members (excludes halogenated alkanes) is 1. The number of fused-ring (bicyclic) bond motifs is 5. The molecule has 0 bridgehead atoms. The number of benzene rings is 3. The van der Waals surface area contributed by atoms with Crippen LogP contribution in [0, 0.1) is 12.7 Å². The average Bonchev–Trinajstić information content (AvgIpc) is 3.67. The number of carbonyl (C=O) groups is 4. The molecule has 0 saturated heterocycles. The number of carbonyl (C=O) groups excluding carboxylic acids is 4. The van der Waals surface area contributed by atoms with Gasteiger partial charge in [-0.2, -0.15) is 0 Å². The molecule has 0 fully saturated rings. The van der Waals surface area contributed by atoms with Crippen LogP contribution in [0.2, 0.25) is 0 Å². The van der Waals surface area contributed by atoms with Gasteiger partial charge in [-0.3, -0.25) is 14.4 Å². The number of ether oxygens (including phenoxy) is 2. The van der Waals surface area contributed by atoms with Crippen LogP contribution < -0.4 is 32.6 Å². The zero-order valence-electron chi connectivity index (χ0n) is 36.3. The second-order valence-electron chi connectivity index (χ2n) is 16.8. The highest BCUT2D eigenvalue weighted by Crippen LogP contribution is 2.46. The van der Waals surface area contributed by atoms with Crippen molar-refractivity contribution in [3.63, 3.8) is 0 Å². The van der Waals surface area contributed by atoms with Crippen LogP contribution in [0.4, 0.5) is 14.9 Å². The van der Waals surface area contributed by atoms with Gasteiger partial charge in [0.1, 0.15) is 25.1 Å². The summed E-state index contributed by atoms with van der Waals surface area (Å²) >= 11 is 0. The summed E-state index contributed by atoms with van der Waals surface area (Å²) in [6.45, 7) is 7.39. The van der Waals surface area contributed by atoms with E-state index < -0.39 is 59.0 Å². The fourth-order valence-corrected chi connectivity index (χ4v) is 9.13. The number of nitrogens with zero attached hydrogens (tertiary/aromatic N) is 2. The summed E-state index contributed by atoms with van der Waals surface area (Å²) in [7, 11) is 0. The van der Waals surface area contributed by atoms with E-state index in [0.29, 0.717) is 88.9 Å². The Morgan fingerprint density at radius 2 is 1.83 bits per heavy atom. The molecule has 3 aromatic carbocycles. The van der Waals surface area contributed by atoms with Gasteiger partial charge in [0.25, 0.3) is 5.56 Å². The number of hydrogen-bond donors (Lipinski definition) is 6. The maximum Gasteiger partial charge on any atom is 0.407 e. The van der Waals surface area contributed by atoms with Crippen molar-refractivity contribution in [1.29, 1.82) is 0 Å². The SMILES string of the molecule is C=CNCCCC[C@H](NC(=O)[C@@H](N)Cc1ccccc1)C(=O)Nc1ccc(COC(=O)N[C@H]2CCc3c(C)c(F)cc4nc5c(c2c34)Cn2c-5cc3c(c2=O)COC(=O)[C@]3(O)CC)cc1. The van der Waals surface area contributed by atoms with Crippen LogP contribution in [0.3, 0.4) is 0 Å². The molecule has 0 spiro atoms. The van der Waals surface area contributed by atoms with Crippen molar-refractivity contribution >= 4 is 40.5 Å². The van der Waals surface area contributed by atoms with E-state index in [4.69, 9.17) is 20.2 Å². The standard InChI is InChI=1S/C49H52FN7O8/c1-4-49(63)34-22-40-43-32(24-57(40)46(60)33(34)26-64-47(49)61)42-37(19-18-31-27(3)35(50)23-39(54-43)41(31)42)56-48(62)65-25-29-14-16-30(17-15-29)53-45(59)38(13-9-10-20-52-5-2)55-44(58)36(51)21-28-11-7-6-8-12-28/h5-8,11-12,14-17,22-23,36-38,52,63H,2,4,9-10,13,18-21,24-26,51H2,1,3H3,(H,53,59)(H,55,58)(H,56,62)/t36-,37-,38-,49-/m0/s1. The summed E-state index contributed by atoms with van der Waals surface area (Å²) < 4.78 is 27.8. The summed E-state index contributed by atoms with van der Waals surface area (Å²) in [6, 6.07) is 16.9. The fraction of sp³-hybridized carbons (Fsp3) is 0.347. The number of alkyl carbamates (subject to hydrolysis) is 1. The smallest absolute Gasteiger partial charge is 0.407 e. The lowest BCUT2D eigenvalue weighted by Crippen LogP contribution is -2.50. The minimum absolute atomic E-state index is 0.0172. The normalized spacial score (nSPS) is 17.7. The second kappa shape index (κ2) is 18.7. The van der Waals surface area contributed by atoms with Crippen LogP contribution >= 0.6 is 0 Å². The number of halogens is 1. The molecule has 3 amide bonds. The Labute approximate surface area is 374 Å². The van der Waals surface area contributed by atoms with Crippen molar-refractivity contribution in [3.8, 4) is 11.4 Å². The van der Waals surface area contributed by atoms with Crippen molar-refractivity contribution in [2.75, 3.05) is 11.9 Å². The molecule has 8 rings (SSSR count). The molecule has 0 unspecified atom stereocenters. The predicted octanol–water partition coefficient (Wildman–Crippen LogP) is 5.34. The molecule has 4 heterocycles. The molecule has 5 aromatic rings.